The number of aromatic nitrogens is 2. The monoisotopic (exact) mass is 368 g/mol. The minimum atomic E-state index is -0.0990. The molecule has 3 aromatic rings. The lowest BCUT2D eigenvalue weighted by atomic mass is 10.0. The Bertz CT molecular complexity index is 981. The number of carbonyl (C=O) groups is 1. The lowest BCUT2D eigenvalue weighted by Crippen LogP contribution is -2.26. The van der Waals surface area contributed by atoms with Crippen molar-refractivity contribution in [1.82, 2.24) is 14.3 Å². The highest BCUT2D eigenvalue weighted by Gasteiger charge is 2.24. The van der Waals surface area contributed by atoms with Crippen LogP contribution in [0.3, 0.4) is 0 Å². The first kappa shape index (κ1) is 17.2. The minimum absolute atomic E-state index is 0.0990. The summed E-state index contributed by atoms with van der Waals surface area (Å²) in [4.78, 5) is 20.2. The van der Waals surface area contributed by atoms with Crippen molar-refractivity contribution in [2.75, 3.05) is 13.1 Å². The fraction of sp³-hybridized carbons (Fsp3) is 0.300. The number of likely N-dealkylation sites (tertiary alicyclic amines) is 1. The molecule has 134 valence electrons. The van der Waals surface area contributed by atoms with Gasteiger partial charge in [-0.25, -0.2) is 4.98 Å². The number of fused-ring (bicyclic) bond motifs is 1. The number of pyridine rings is 1. The standard InChI is InChI=1S/C20H21ClN4O/c1-13-15(5-4-6-16(13)21)20(26)19-17-7-2-3-9-25(17)18(23-19)12-24-10-8-14(22)11-24/h2-7,9,14H,8,10-12,22H2,1H3. The summed E-state index contributed by atoms with van der Waals surface area (Å²) < 4.78 is 2.00. The van der Waals surface area contributed by atoms with Crippen LogP contribution in [-0.4, -0.2) is 39.2 Å². The number of hydrogen-bond acceptors (Lipinski definition) is 4. The largest absolute Gasteiger partial charge is 0.326 e. The van der Waals surface area contributed by atoms with E-state index in [9.17, 15) is 4.79 Å². The van der Waals surface area contributed by atoms with Gasteiger partial charge in [-0.1, -0.05) is 29.8 Å². The summed E-state index contributed by atoms with van der Waals surface area (Å²) in [5.74, 6) is 0.760. The second-order valence-electron chi connectivity index (χ2n) is 6.86. The summed E-state index contributed by atoms with van der Waals surface area (Å²) in [5, 5.41) is 0.589. The van der Waals surface area contributed by atoms with Crippen molar-refractivity contribution in [3.05, 3.63) is 70.3 Å². The van der Waals surface area contributed by atoms with Gasteiger partial charge < -0.3 is 10.1 Å². The third kappa shape index (κ3) is 3.03. The van der Waals surface area contributed by atoms with E-state index >= 15 is 0 Å². The van der Waals surface area contributed by atoms with Gasteiger partial charge in [-0.2, -0.15) is 0 Å². The average molecular weight is 369 g/mol. The molecule has 0 bridgehead atoms. The highest BCUT2D eigenvalue weighted by molar-refractivity contribution is 6.32. The smallest absolute Gasteiger partial charge is 0.213 e. The Labute approximate surface area is 157 Å². The maximum absolute atomic E-state index is 13.2. The number of benzene rings is 1. The summed E-state index contributed by atoms with van der Waals surface area (Å²) in [5.41, 5.74) is 8.67. The molecule has 1 aliphatic rings. The van der Waals surface area contributed by atoms with Crippen molar-refractivity contribution in [1.29, 1.82) is 0 Å². The molecule has 3 heterocycles. The zero-order valence-corrected chi connectivity index (χ0v) is 15.4. The van der Waals surface area contributed by atoms with Gasteiger partial charge in [0.25, 0.3) is 0 Å². The van der Waals surface area contributed by atoms with Gasteiger partial charge in [0.2, 0.25) is 5.78 Å². The van der Waals surface area contributed by atoms with Crippen LogP contribution in [0.2, 0.25) is 5.02 Å². The highest BCUT2D eigenvalue weighted by atomic mass is 35.5. The van der Waals surface area contributed by atoms with Crippen LogP contribution in [0, 0.1) is 6.92 Å². The van der Waals surface area contributed by atoms with E-state index in [1.807, 2.05) is 35.7 Å². The van der Waals surface area contributed by atoms with Gasteiger partial charge in [-0.05, 0) is 37.1 Å². The fourth-order valence-electron chi connectivity index (χ4n) is 3.57. The van der Waals surface area contributed by atoms with Gasteiger partial charge in [0.05, 0.1) is 12.1 Å². The number of imidazole rings is 1. The molecule has 0 amide bonds. The number of rotatable bonds is 4. The van der Waals surface area contributed by atoms with E-state index in [0.29, 0.717) is 22.8 Å². The summed E-state index contributed by atoms with van der Waals surface area (Å²) in [6.07, 6.45) is 2.95. The molecule has 0 radical (unpaired) electrons. The molecule has 2 aromatic heterocycles. The van der Waals surface area contributed by atoms with Crippen LogP contribution >= 0.6 is 11.6 Å². The first-order valence-electron chi connectivity index (χ1n) is 8.78. The normalized spacial score (nSPS) is 17.9. The van der Waals surface area contributed by atoms with E-state index < -0.39 is 0 Å². The number of carbonyl (C=O) groups excluding carboxylic acids is 1. The van der Waals surface area contributed by atoms with E-state index in [4.69, 9.17) is 22.3 Å². The van der Waals surface area contributed by atoms with Crippen LogP contribution in [0.25, 0.3) is 5.52 Å². The maximum Gasteiger partial charge on any atom is 0.213 e. The van der Waals surface area contributed by atoms with E-state index in [1.54, 1.807) is 18.2 Å². The second kappa shape index (κ2) is 6.83. The predicted molar refractivity (Wildman–Crippen MR) is 103 cm³/mol. The zero-order chi connectivity index (χ0) is 18.3. The van der Waals surface area contributed by atoms with Crippen molar-refractivity contribution in [3.63, 3.8) is 0 Å². The van der Waals surface area contributed by atoms with Crippen molar-refractivity contribution < 1.29 is 4.79 Å². The van der Waals surface area contributed by atoms with Crippen molar-refractivity contribution >= 4 is 22.9 Å². The SMILES string of the molecule is Cc1c(Cl)cccc1C(=O)c1nc(CN2CCC(N)C2)n2ccccc12. The molecule has 6 heteroatoms. The van der Waals surface area contributed by atoms with E-state index in [1.165, 1.54) is 0 Å². The average Bonchev–Trinajstić information content (AvgIpc) is 3.21. The van der Waals surface area contributed by atoms with Crippen molar-refractivity contribution in [2.45, 2.75) is 25.9 Å². The van der Waals surface area contributed by atoms with Gasteiger partial charge in [0.1, 0.15) is 11.5 Å². The number of nitrogens with zero attached hydrogens (tertiary/aromatic N) is 3. The lowest BCUT2D eigenvalue weighted by Gasteiger charge is -2.13. The molecule has 1 atom stereocenters. The second-order valence-corrected chi connectivity index (χ2v) is 7.27. The molecule has 4 rings (SSSR count). The maximum atomic E-state index is 13.2. The van der Waals surface area contributed by atoms with Crippen LogP contribution in [0.5, 0.6) is 0 Å². The van der Waals surface area contributed by atoms with Gasteiger partial charge in [-0.15, -0.1) is 0 Å². The third-order valence-electron chi connectivity index (χ3n) is 5.02. The third-order valence-corrected chi connectivity index (χ3v) is 5.43. The summed E-state index contributed by atoms with van der Waals surface area (Å²) in [7, 11) is 0. The minimum Gasteiger partial charge on any atom is -0.326 e. The Morgan fingerprint density at radius 1 is 1.31 bits per heavy atom. The fourth-order valence-corrected chi connectivity index (χ4v) is 3.74. The number of halogens is 1. The van der Waals surface area contributed by atoms with Gasteiger partial charge >= 0.3 is 0 Å². The molecule has 26 heavy (non-hydrogen) atoms. The Hall–Kier alpha value is -2.21. The number of ketones is 1. The first-order chi connectivity index (χ1) is 12.5. The topological polar surface area (TPSA) is 63.6 Å². The molecule has 0 saturated carbocycles. The van der Waals surface area contributed by atoms with Crippen LogP contribution in [0.15, 0.2) is 42.6 Å². The Morgan fingerprint density at radius 2 is 2.15 bits per heavy atom. The molecular formula is C20H21ClN4O. The molecule has 1 unspecified atom stereocenters. The lowest BCUT2D eigenvalue weighted by molar-refractivity contribution is 0.103. The first-order valence-corrected chi connectivity index (χ1v) is 9.16. The van der Waals surface area contributed by atoms with Crippen LogP contribution in [0.4, 0.5) is 0 Å². The molecule has 1 fully saturated rings. The van der Waals surface area contributed by atoms with Crippen molar-refractivity contribution in [2.24, 2.45) is 5.73 Å². The molecule has 0 aliphatic carbocycles. The predicted octanol–water partition coefficient (Wildman–Crippen LogP) is 3.06. The number of nitrogens with two attached hydrogens (primary N) is 1. The quantitative estimate of drug-likeness (QED) is 0.719. The number of hydrogen-bond donors (Lipinski definition) is 1. The molecule has 5 nitrogen and oxygen atoms in total. The molecular weight excluding hydrogens is 348 g/mol. The Morgan fingerprint density at radius 3 is 2.92 bits per heavy atom. The Kier molecular flexibility index (Phi) is 4.53. The van der Waals surface area contributed by atoms with Gasteiger partial charge in [0.15, 0.2) is 0 Å². The van der Waals surface area contributed by atoms with Crippen LogP contribution in [-0.2, 0) is 6.54 Å². The molecule has 0 spiro atoms. The van der Waals surface area contributed by atoms with E-state index in [2.05, 4.69) is 4.90 Å². The molecule has 2 N–H and O–H groups in total. The van der Waals surface area contributed by atoms with Crippen LogP contribution in [0.1, 0.15) is 33.9 Å². The van der Waals surface area contributed by atoms with Gasteiger partial charge in [-0.3, -0.25) is 9.69 Å². The zero-order valence-electron chi connectivity index (χ0n) is 14.7. The van der Waals surface area contributed by atoms with Crippen LogP contribution < -0.4 is 5.73 Å². The molecule has 1 aliphatic heterocycles. The summed E-state index contributed by atoms with van der Waals surface area (Å²) in [6.45, 7) is 4.36. The Balaban J connectivity index is 1.76. The molecule has 1 saturated heterocycles. The van der Waals surface area contributed by atoms with Gasteiger partial charge in [0, 0.05) is 35.9 Å². The summed E-state index contributed by atoms with van der Waals surface area (Å²) in [6, 6.07) is 11.4. The summed E-state index contributed by atoms with van der Waals surface area (Å²) >= 11 is 6.20. The van der Waals surface area contributed by atoms with E-state index in [0.717, 1.165) is 36.4 Å². The molecule has 1 aromatic carbocycles. The van der Waals surface area contributed by atoms with Crippen molar-refractivity contribution in [3.8, 4) is 0 Å². The van der Waals surface area contributed by atoms with E-state index in [-0.39, 0.29) is 11.8 Å². The highest BCUT2D eigenvalue weighted by Crippen LogP contribution is 2.24.